The number of para-hydroxylation sites is 1. The van der Waals surface area contributed by atoms with E-state index in [0.717, 1.165) is 55.7 Å². The number of carbonyl (C=O) groups is 1. The Morgan fingerprint density at radius 2 is 2.19 bits per heavy atom. The van der Waals surface area contributed by atoms with E-state index in [1.54, 1.807) is 11.3 Å². The molecule has 1 aliphatic rings. The molecule has 1 saturated carbocycles. The summed E-state index contributed by atoms with van der Waals surface area (Å²) < 4.78 is 7.01. The average molecular weight is 412 g/mol. The zero-order valence-electron chi connectivity index (χ0n) is 15.9. The van der Waals surface area contributed by atoms with E-state index in [1.165, 1.54) is 4.70 Å². The van der Waals surface area contributed by atoms with E-state index >= 15 is 0 Å². The molecule has 1 fully saturated rings. The van der Waals surface area contributed by atoms with Gasteiger partial charge >= 0.3 is 0 Å². The zero-order chi connectivity index (χ0) is 18.4. The van der Waals surface area contributed by atoms with Crippen molar-refractivity contribution in [3.8, 4) is 0 Å². The van der Waals surface area contributed by atoms with Gasteiger partial charge in [0.05, 0.1) is 21.3 Å². The summed E-state index contributed by atoms with van der Waals surface area (Å²) in [7, 11) is 0. The molecule has 0 saturated heterocycles. The monoisotopic (exact) mass is 411 g/mol. The molecule has 0 radical (unpaired) electrons. The smallest absolute Gasteiger partial charge is 0.223 e. The molecule has 0 bridgehead atoms. The molecule has 7 heteroatoms. The largest absolute Gasteiger partial charge is 0.377 e. The lowest BCUT2D eigenvalue weighted by atomic mass is 9.83. The summed E-state index contributed by atoms with van der Waals surface area (Å²) in [6.07, 6.45) is 5.39. The number of carbonyl (C=O) groups excluding carboxylic acids is 1. The molecule has 5 nitrogen and oxygen atoms in total. The van der Waals surface area contributed by atoms with Crippen molar-refractivity contribution in [3.05, 3.63) is 29.3 Å². The molecule has 1 heterocycles. The van der Waals surface area contributed by atoms with E-state index in [0.29, 0.717) is 6.54 Å². The number of nitrogens with two attached hydrogens (primary N) is 1. The Balaban J connectivity index is 0.00000261. The lowest BCUT2D eigenvalue weighted by molar-refractivity contribution is -0.127. The SMILES string of the molecule is CCCO[C@@H]1CC[C@H](C(=O)NCCCc2nc3ccccc3s2)C[C@H]1N.Cl. The number of nitrogens with zero attached hydrogens (tertiary/aromatic N) is 1. The van der Waals surface area contributed by atoms with Gasteiger partial charge in [0.25, 0.3) is 0 Å². The Bertz CT molecular complexity index is 691. The second kappa shape index (κ2) is 11.0. The first kappa shape index (κ1) is 22.1. The summed E-state index contributed by atoms with van der Waals surface area (Å²) >= 11 is 1.74. The maximum atomic E-state index is 12.4. The Labute approximate surface area is 171 Å². The summed E-state index contributed by atoms with van der Waals surface area (Å²) in [6, 6.07) is 8.16. The molecule has 27 heavy (non-hydrogen) atoms. The van der Waals surface area contributed by atoms with Crippen molar-refractivity contribution >= 4 is 39.9 Å². The highest BCUT2D eigenvalue weighted by molar-refractivity contribution is 7.18. The number of nitrogens with one attached hydrogen (secondary N) is 1. The van der Waals surface area contributed by atoms with Gasteiger partial charge in [-0.15, -0.1) is 23.7 Å². The van der Waals surface area contributed by atoms with Crippen LogP contribution in [0.4, 0.5) is 0 Å². The van der Waals surface area contributed by atoms with Crippen LogP contribution < -0.4 is 11.1 Å². The number of hydrogen-bond acceptors (Lipinski definition) is 5. The van der Waals surface area contributed by atoms with Crippen LogP contribution in [0.15, 0.2) is 24.3 Å². The number of fused-ring (bicyclic) bond motifs is 1. The second-order valence-corrected chi connectivity index (χ2v) is 8.17. The highest BCUT2D eigenvalue weighted by atomic mass is 35.5. The lowest BCUT2D eigenvalue weighted by Gasteiger charge is -2.33. The van der Waals surface area contributed by atoms with E-state index in [1.807, 2.05) is 18.2 Å². The van der Waals surface area contributed by atoms with Crippen LogP contribution in [0, 0.1) is 5.92 Å². The van der Waals surface area contributed by atoms with E-state index < -0.39 is 0 Å². The molecular weight excluding hydrogens is 382 g/mol. The number of rotatable bonds is 8. The van der Waals surface area contributed by atoms with Gasteiger partial charge < -0.3 is 15.8 Å². The van der Waals surface area contributed by atoms with Crippen molar-refractivity contribution in [1.29, 1.82) is 0 Å². The van der Waals surface area contributed by atoms with Gasteiger partial charge in [0.2, 0.25) is 5.91 Å². The topological polar surface area (TPSA) is 77.2 Å². The number of ether oxygens (including phenoxy) is 1. The first-order chi connectivity index (χ1) is 12.7. The van der Waals surface area contributed by atoms with Gasteiger partial charge in [-0.2, -0.15) is 0 Å². The molecule has 150 valence electrons. The second-order valence-electron chi connectivity index (χ2n) is 7.05. The van der Waals surface area contributed by atoms with Crippen LogP contribution in [0.1, 0.15) is 44.0 Å². The molecule has 0 spiro atoms. The number of aromatic nitrogens is 1. The lowest BCUT2D eigenvalue weighted by Crippen LogP contribution is -2.46. The summed E-state index contributed by atoms with van der Waals surface area (Å²) in [5, 5.41) is 4.21. The fourth-order valence-electron chi connectivity index (χ4n) is 3.51. The van der Waals surface area contributed by atoms with Crippen LogP contribution in [0.3, 0.4) is 0 Å². The number of benzene rings is 1. The third-order valence-electron chi connectivity index (χ3n) is 4.95. The maximum absolute atomic E-state index is 12.4. The zero-order valence-corrected chi connectivity index (χ0v) is 17.5. The molecule has 1 aromatic carbocycles. The van der Waals surface area contributed by atoms with Crippen molar-refractivity contribution in [3.63, 3.8) is 0 Å². The highest BCUT2D eigenvalue weighted by Gasteiger charge is 2.32. The highest BCUT2D eigenvalue weighted by Crippen LogP contribution is 2.26. The van der Waals surface area contributed by atoms with Gasteiger partial charge in [-0.05, 0) is 44.2 Å². The Morgan fingerprint density at radius 1 is 1.37 bits per heavy atom. The minimum atomic E-state index is -0.0335. The van der Waals surface area contributed by atoms with Crippen molar-refractivity contribution in [2.24, 2.45) is 11.7 Å². The van der Waals surface area contributed by atoms with Gasteiger partial charge in [0.1, 0.15) is 0 Å². The molecule has 1 aromatic heterocycles. The average Bonchev–Trinajstić information content (AvgIpc) is 3.07. The van der Waals surface area contributed by atoms with Gasteiger partial charge in [-0.1, -0.05) is 19.1 Å². The Kier molecular flexibility index (Phi) is 8.96. The van der Waals surface area contributed by atoms with Crippen molar-refractivity contribution in [1.82, 2.24) is 10.3 Å². The van der Waals surface area contributed by atoms with Crippen molar-refractivity contribution in [2.75, 3.05) is 13.2 Å². The minimum Gasteiger partial charge on any atom is -0.377 e. The van der Waals surface area contributed by atoms with Crippen LogP contribution in [-0.2, 0) is 16.0 Å². The molecule has 1 amide bonds. The normalized spacial score (nSPS) is 22.4. The molecule has 1 aliphatic carbocycles. The number of amides is 1. The van der Waals surface area contributed by atoms with Gasteiger partial charge in [-0.3, -0.25) is 4.79 Å². The number of hydrogen-bond donors (Lipinski definition) is 2. The summed E-state index contributed by atoms with van der Waals surface area (Å²) in [4.78, 5) is 17.0. The Hall–Kier alpha value is -1.21. The third-order valence-corrected chi connectivity index (χ3v) is 6.04. The molecular formula is C20H30ClN3O2S. The van der Waals surface area contributed by atoms with Crippen LogP contribution in [0.5, 0.6) is 0 Å². The molecule has 3 atom stereocenters. The summed E-state index contributed by atoms with van der Waals surface area (Å²) in [5.41, 5.74) is 7.27. The number of thiazole rings is 1. The molecule has 3 N–H and O–H groups in total. The summed E-state index contributed by atoms with van der Waals surface area (Å²) in [5.74, 6) is 0.160. The van der Waals surface area contributed by atoms with Crippen LogP contribution in [0.2, 0.25) is 0 Å². The molecule has 0 unspecified atom stereocenters. The fraction of sp³-hybridized carbons (Fsp3) is 0.600. The van der Waals surface area contributed by atoms with Crippen molar-refractivity contribution in [2.45, 2.75) is 57.6 Å². The predicted molar refractivity (Wildman–Crippen MR) is 114 cm³/mol. The first-order valence-electron chi connectivity index (χ1n) is 9.66. The van der Waals surface area contributed by atoms with Gasteiger partial charge in [-0.25, -0.2) is 4.98 Å². The quantitative estimate of drug-likeness (QED) is 0.649. The van der Waals surface area contributed by atoms with Crippen LogP contribution in [0.25, 0.3) is 10.2 Å². The predicted octanol–water partition coefficient (Wildman–Crippen LogP) is 3.69. The van der Waals surface area contributed by atoms with Gasteiger partial charge in [0.15, 0.2) is 0 Å². The number of aryl methyl sites for hydroxylation is 1. The van der Waals surface area contributed by atoms with E-state index in [9.17, 15) is 4.79 Å². The molecule has 3 rings (SSSR count). The third kappa shape index (κ3) is 6.14. The molecule has 0 aliphatic heterocycles. The molecule has 2 aromatic rings. The Morgan fingerprint density at radius 3 is 2.93 bits per heavy atom. The van der Waals surface area contributed by atoms with Crippen molar-refractivity contribution < 1.29 is 9.53 Å². The van der Waals surface area contributed by atoms with E-state index in [4.69, 9.17) is 10.5 Å². The summed E-state index contributed by atoms with van der Waals surface area (Å²) in [6.45, 7) is 3.54. The maximum Gasteiger partial charge on any atom is 0.223 e. The first-order valence-corrected chi connectivity index (χ1v) is 10.5. The minimum absolute atomic E-state index is 0. The standard InChI is InChI=1S/C20H29N3O2S.ClH/c1-2-12-25-17-10-9-14(13-15(17)21)20(24)22-11-5-8-19-23-16-6-3-4-7-18(16)26-19;/h3-4,6-7,14-15,17H,2,5,8-13,21H2,1H3,(H,22,24);1H/t14-,15+,17+;/m0./s1. The van der Waals surface area contributed by atoms with E-state index in [-0.39, 0.29) is 36.4 Å². The van der Waals surface area contributed by atoms with Crippen LogP contribution >= 0.6 is 23.7 Å². The fourth-order valence-corrected chi connectivity index (χ4v) is 4.52. The van der Waals surface area contributed by atoms with Gasteiger partial charge in [0, 0.05) is 31.5 Å². The van der Waals surface area contributed by atoms with E-state index in [2.05, 4.69) is 23.3 Å². The van der Waals surface area contributed by atoms with Crippen LogP contribution in [-0.4, -0.2) is 36.2 Å². The number of halogens is 1.